The van der Waals surface area contributed by atoms with Gasteiger partial charge < -0.3 is 10.2 Å². The Bertz CT molecular complexity index is 1070. The highest BCUT2D eigenvalue weighted by molar-refractivity contribution is 7.89. The first-order valence-electron chi connectivity index (χ1n) is 10.3. The SMILES string of the molecule is CNc1cc(C2CC(=O)N(C)C2)nc(C2CCN(S(=O)(=O)c3ccc(F)cc3)CC2)n1. The van der Waals surface area contributed by atoms with Crippen LogP contribution < -0.4 is 5.32 Å². The monoisotopic (exact) mass is 447 g/mol. The summed E-state index contributed by atoms with van der Waals surface area (Å²) in [4.78, 5) is 23.1. The second kappa shape index (κ2) is 8.51. The average Bonchev–Trinajstić information content (AvgIpc) is 3.12. The molecular formula is C21H26FN5O3S. The van der Waals surface area contributed by atoms with Gasteiger partial charge in [-0.1, -0.05) is 0 Å². The van der Waals surface area contributed by atoms with Crippen LogP contribution >= 0.6 is 0 Å². The van der Waals surface area contributed by atoms with Crippen LogP contribution in [0.1, 0.15) is 42.6 Å². The van der Waals surface area contributed by atoms with Crippen molar-refractivity contribution in [3.8, 4) is 0 Å². The molecule has 1 unspecified atom stereocenters. The van der Waals surface area contributed by atoms with Gasteiger partial charge in [0.2, 0.25) is 15.9 Å². The minimum atomic E-state index is -3.66. The fourth-order valence-corrected chi connectivity index (χ4v) is 5.65. The van der Waals surface area contributed by atoms with E-state index in [2.05, 4.69) is 10.3 Å². The molecule has 1 atom stereocenters. The normalized spacial score (nSPS) is 20.9. The third-order valence-corrected chi connectivity index (χ3v) is 7.96. The first kappa shape index (κ1) is 21.6. The summed E-state index contributed by atoms with van der Waals surface area (Å²) >= 11 is 0. The summed E-state index contributed by atoms with van der Waals surface area (Å²) < 4.78 is 40.3. The molecule has 2 aromatic rings. The number of hydrogen-bond acceptors (Lipinski definition) is 6. The molecule has 0 bridgehead atoms. The molecule has 2 saturated heterocycles. The average molecular weight is 448 g/mol. The number of benzene rings is 1. The number of amides is 1. The number of nitrogens with zero attached hydrogens (tertiary/aromatic N) is 4. The molecule has 1 N–H and O–H groups in total. The Morgan fingerprint density at radius 2 is 1.77 bits per heavy atom. The smallest absolute Gasteiger partial charge is 0.243 e. The van der Waals surface area contributed by atoms with Crippen molar-refractivity contribution in [2.45, 2.75) is 36.0 Å². The molecule has 0 saturated carbocycles. The van der Waals surface area contributed by atoms with E-state index in [0.29, 0.717) is 50.5 Å². The molecule has 31 heavy (non-hydrogen) atoms. The van der Waals surface area contributed by atoms with Crippen molar-refractivity contribution in [1.82, 2.24) is 19.2 Å². The number of hydrogen-bond donors (Lipinski definition) is 1. The van der Waals surface area contributed by atoms with E-state index in [0.717, 1.165) is 17.8 Å². The summed E-state index contributed by atoms with van der Waals surface area (Å²) in [6.45, 7) is 1.32. The molecule has 3 heterocycles. The Hall–Kier alpha value is -2.59. The number of nitrogens with one attached hydrogen (secondary N) is 1. The van der Waals surface area contributed by atoms with Gasteiger partial charge in [0, 0.05) is 58.1 Å². The van der Waals surface area contributed by atoms with Crippen LogP contribution in [0.4, 0.5) is 10.2 Å². The zero-order chi connectivity index (χ0) is 22.2. The van der Waals surface area contributed by atoms with E-state index >= 15 is 0 Å². The quantitative estimate of drug-likeness (QED) is 0.755. The number of halogens is 1. The molecule has 1 aromatic carbocycles. The third kappa shape index (κ3) is 4.40. The maximum absolute atomic E-state index is 13.2. The van der Waals surface area contributed by atoms with Crippen LogP contribution in [0.15, 0.2) is 35.2 Å². The number of rotatable bonds is 5. The maximum atomic E-state index is 13.2. The molecule has 0 radical (unpaired) electrons. The number of piperidine rings is 1. The molecule has 166 valence electrons. The van der Waals surface area contributed by atoms with Gasteiger partial charge in [0.25, 0.3) is 0 Å². The molecular weight excluding hydrogens is 421 g/mol. The lowest BCUT2D eigenvalue weighted by molar-refractivity contribution is -0.126. The van der Waals surface area contributed by atoms with Crippen molar-refractivity contribution < 1.29 is 17.6 Å². The topological polar surface area (TPSA) is 95.5 Å². The van der Waals surface area contributed by atoms with Crippen LogP contribution in [-0.4, -0.2) is 67.2 Å². The lowest BCUT2D eigenvalue weighted by Crippen LogP contribution is -2.38. The predicted octanol–water partition coefficient (Wildman–Crippen LogP) is 2.17. The molecule has 4 rings (SSSR count). The lowest BCUT2D eigenvalue weighted by Gasteiger charge is -2.31. The number of sulfonamides is 1. The highest BCUT2D eigenvalue weighted by atomic mass is 32.2. The van der Waals surface area contributed by atoms with Crippen molar-refractivity contribution in [3.05, 3.63) is 47.7 Å². The van der Waals surface area contributed by atoms with Gasteiger partial charge in [-0.3, -0.25) is 4.79 Å². The Morgan fingerprint density at radius 3 is 2.35 bits per heavy atom. The summed E-state index contributed by atoms with van der Waals surface area (Å²) in [5, 5.41) is 3.07. The standard InChI is InChI=1S/C21H26FN5O3S/c1-23-19-12-18(15-11-20(28)26(2)13-15)24-21(25-19)14-7-9-27(10-8-14)31(29,30)17-5-3-16(22)4-6-17/h3-6,12,14-15H,7-11,13H2,1-2H3,(H,23,24,25). The second-order valence-corrected chi connectivity index (χ2v) is 10.0. The van der Waals surface area contributed by atoms with Crippen LogP contribution in [-0.2, 0) is 14.8 Å². The summed E-state index contributed by atoms with van der Waals surface area (Å²) in [6, 6.07) is 6.78. The molecule has 2 aliphatic rings. The van der Waals surface area contributed by atoms with Gasteiger partial charge in [-0.25, -0.2) is 22.8 Å². The van der Waals surface area contributed by atoms with Gasteiger partial charge in [0.05, 0.1) is 10.6 Å². The Morgan fingerprint density at radius 1 is 1.10 bits per heavy atom. The molecule has 0 aliphatic carbocycles. The molecule has 0 spiro atoms. The van der Waals surface area contributed by atoms with Gasteiger partial charge in [0.1, 0.15) is 17.5 Å². The van der Waals surface area contributed by atoms with Crippen molar-refractivity contribution in [1.29, 1.82) is 0 Å². The summed E-state index contributed by atoms with van der Waals surface area (Å²) in [5.74, 6) is 1.08. The number of likely N-dealkylation sites (N-methyl/N-ethyl adjacent to an activating group) is 1. The van der Waals surface area contributed by atoms with Crippen LogP contribution in [0, 0.1) is 5.82 Å². The number of aromatic nitrogens is 2. The number of anilines is 1. The van der Waals surface area contributed by atoms with E-state index in [1.807, 2.05) is 6.07 Å². The van der Waals surface area contributed by atoms with Crippen molar-refractivity contribution >= 4 is 21.7 Å². The Balaban J connectivity index is 1.50. The van der Waals surface area contributed by atoms with Crippen molar-refractivity contribution in [2.75, 3.05) is 39.0 Å². The zero-order valence-corrected chi connectivity index (χ0v) is 18.4. The van der Waals surface area contributed by atoms with Crippen LogP contribution in [0.25, 0.3) is 0 Å². The highest BCUT2D eigenvalue weighted by Gasteiger charge is 2.33. The second-order valence-electron chi connectivity index (χ2n) is 8.09. The number of carbonyl (C=O) groups excluding carboxylic acids is 1. The van der Waals surface area contributed by atoms with Crippen molar-refractivity contribution in [3.63, 3.8) is 0 Å². The third-order valence-electron chi connectivity index (χ3n) is 6.05. The minimum absolute atomic E-state index is 0.0292. The van der Waals surface area contributed by atoms with E-state index in [9.17, 15) is 17.6 Å². The van der Waals surface area contributed by atoms with E-state index in [1.165, 1.54) is 16.4 Å². The highest BCUT2D eigenvalue weighted by Crippen LogP contribution is 2.32. The molecule has 2 fully saturated rings. The molecule has 1 amide bonds. The molecule has 8 nitrogen and oxygen atoms in total. The number of likely N-dealkylation sites (tertiary alicyclic amines) is 1. The fraction of sp³-hybridized carbons (Fsp3) is 0.476. The van der Waals surface area contributed by atoms with Gasteiger partial charge in [-0.2, -0.15) is 4.31 Å². The van der Waals surface area contributed by atoms with Gasteiger partial charge in [-0.05, 0) is 37.1 Å². The zero-order valence-electron chi connectivity index (χ0n) is 17.6. The Kier molecular flexibility index (Phi) is 5.94. The van der Waals surface area contributed by atoms with E-state index in [4.69, 9.17) is 4.98 Å². The van der Waals surface area contributed by atoms with Crippen molar-refractivity contribution in [2.24, 2.45) is 0 Å². The minimum Gasteiger partial charge on any atom is -0.373 e. The maximum Gasteiger partial charge on any atom is 0.243 e. The largest absolute Gasteiger partial charge is 0.373 e. The lowest BCUT2D eigenvalue weighted by atomic mass is 9.96. The van der Waals surface area contributed by atoms with E-state index in [1.54, 1.807) is 19.0 Å². The Labute approximate surface area is 181 Å². The first-order chi connectivity index (χ1) is 14.8. The molecule has 10 heteroatoms. The van der Waals surface area contributed by atoms with Crippen LogP contribution in [0.2, 0.25) is 0 Å². The first-order valence-corrected chi connectivity index (χ1v) is 11.8. The summed E-state index contributed by atoms with van der Waals surface area (Å²) in [7, 11) is -0.0765. The molecule has 1 aromatic heterocycles. The van der Waals surface area contributed by atoms with Gasteiger partial charge in [-0.15, -0.1) is 0 Å². The fourth-order valence-electron chi connectivity index (χ4n) is 4.18. The summed E-state index contributed by atoms with van der Waals surface area (Å²) in [6.07, 6.45) is 1.62. The predicted molar refractivity (Wildman–Crippen MR) is 114 cm³/mol. The van der Waals surface area contributed by atoms with Gasteiger partial charge in [0.15, 0.2) is 0 Å². The summed E-state index contributed by atoms with van der Waals surface area (Å²) in [5.41, 5.74) is 0.841. The van der Waals surface area contributed by atoms with E-state index in [-0.39, 0.29) is 22.6 Å². The van der Waals surface area contributed by atoms with Gasteiger partial charge >= 0.3 is 0 Å². The van der Waals surface area contributed by atoms with Crippen LogP contribution in [0.5, 0.6) is 0 Å². The number of carbonyl (C=O) groups is 1. The van der Waals surface area contributed by atoms with E-state index < -0.39 is 15.8 Å². The molecule has 2 aliphatic heterocycles. The van der Waals surface area contributed by atoms with Crippen LogP contribution in [0.3, 0.4) is 0 Å².